The summed E-state index contributed by atoms with van der Waals surface area (Å²) >= 11 is 0. The lowest BCUT2D eigenvalue weighted by molar-refractivity contribution is 0.454. The molecule has 0 amide bonds. The Morgan fingerprint density at radius 1 is 1.62 bits per heavy atom. The van der Waals surface area contributed by atoms with Gasteiger partial charge in [-0.3, -0.25) is 0 Å². The van der Waals surface area contributed by atoms with E-state index < -0.39 is 0 Å². The van der Waals surface area contributed by atoms with E-state index in [1.54, 1.807) is 0 Å². The Kier molecular flexibility index (Phi) is 3.48. The first-order chi connectivity index (χ1) is 6.20. The lowest BCUT2D eigenvalue weighted by Gasteiger charge is -2.21. The van der Waals surface area contributed by atoms with Crippen LogP contribution in [0.15, 0.2) is 12.4 Å². The Bertz CT molecular complexity index is 254. The van der Waals surface area contributed by atoms with Gasteiger partial charge in [0.15, 0.2) is 0 Å². The molecule has 74 valence electrons. The van der Waals surface area contributed by atoms with Gasteiger partial charge in [0.05, 0.1) is 0 Å². The zero-order valence-corrected chi connectivity index (χ0v) is 8.91. The van der Waals surface area contributed by atoms with E-state index in [2.05, 4.69) is 28.7 Å². The van der Waals surface area contributed by atoms with E-state index in [4.69, 9.17) is 0 Å². The molecule has 0 aliphatic carbocycles. The van der Waals surface area contributed by atoms with Crippen LogP contribution in [-0.4, -0.2) is 22.6 Å². The molecule has 2 unspecified atom stereocenters. The number of hydrogen-bond acceptors (Lipinski definition) is 2. The Hall–Kier alpha value is -0.830. The molecule has 13 heavy (non-hydrogen) atoms. The second-order valence-electron chi connectivity index (χ2n) is 3.49. The molecule has 0 saturated heterocycles. The van der Waals surface area contributed by atoms with Gasteiger partial charge in [-0.1, -0.05) is 6.92 Å². The fourth-order valence-corrected chi connectivity index (χ4v) is 1.70. The highest BCUT2D eigenvalue weighted by Gasteiger charge is 2.19. The summed E-state index contributed by atoms with van der Waals surface area (Å²) in [5, 5.41) is 3.28. The predicted molar refractivity (Wildman–Crippen MR) is 54.8 cm³/mol. The topological polar surface area (TPSA) is 29.9 Å². The maximum absolute atomic E-state index is 4.38. The van der Waals surface area contributed by atoms with Gasteiger partial charge in [-0.05, 0) is 20.4 Å². The molecule has 0 bridgehead atoms. The lowest BCUT2D eigenvalue weighted by Crippen LogP contribution is -2.30. The molecule has 3 nitrogen and oxygen atoms in total. The number of nitrogens with one attached hydrogen (secondary N) is 1. The zero-order valence-electron chi connectivity index (χ0n) is 8.91. The predicted octanol–water partition coefficient (Wildman–Crippen LogP) is 1.52. The van der Waals surface area contributed by atoms with Crippen molar-refractivity contribution in [3.05, 3.63) is 18.2 Å². The molecule has 1 rings (SSSR count). The largest absolute Gasteiger partial charge is 0.338 e. The van der Waals surface area contributed by atoms with Crippen molar-refractivity contribution < 1.29 is 0 Å². The van der Waals surface area contributed by atoms with E-state index in [9.17, 15) is 0 Å². The molecule has 0 aliphatic rings. The van der Waals surface area contributed by atoms with E-state index in [0.717, 1.165) is 6.42 Å². The highest BCUT2D eigenvalue weighted by atomic mass is 15.0. The Balaban J connectivity index is 2.84. The van der Waals surface area contributed by atoms with Gasteiger partial charge in [0, 0.05) is 31.4 Å². The van der Waals surface area contributed by atoms with Gasteiger partial charge in [-0.15, -0.1) is 0 Å². The van der Waals surface area contributed by atoms with Crippen molar-refractivity contribution in [3.8, 4) is 0 Å². The molecular formula is C10H19N3. The molecule has 3 heteroatoms. The van der Waals surface area contributed by atoms with Crippen LogP contribution < -0.4 is 5.32 Å². The van der Waals surface area contributed by atoms with E-state index in [-0.39, 0.29) is 0 Å². The maximum Gasteiger partial charge on any atom is 0.113 e. The summed E-state index contributed by atoms with van der Waals surface area (Å²) in [5.74, 6) is 1.68. The smallest absolute Gasteiger partial charge is 0.113 e. The van der Waals surface area contributed by atoms with Crippen molar-refractivity contribution in [1.29, 1.82) is 0 Å². The van der Waals surface area contributed by atoms with Crippen molar-refractivity contribution >= 4 is 0 Å². The first-order valence-electron chi connectivity index (χ1n) is 4.85. The van der Waals surface area contributed by atoms with Gasteiger partial charge < -0.3 is 9.88 Å². The summed E-state index contributed by atoms with van der Waals surface area (Å²) in [4.78, 5) is 4.38. The summed E-state index contributed by atoms with van der Waals surface area (Å²) in [5.41, 5.74) is 0. The molecule has 1 heterocycles. The maximum atomic E-state index is 4.38. The van der Waals surface area contributed by atoms with Crippen LogP contribution in [-0.2, 0) is 7.05 Å². The van der Waals surface area contributed by atoms with Crippen molar-refractivity contribution in [2.45, 2.75) is 32.2 Å². The fraction of sp³-hybridized carbons (Fsp3) is 0.700. The van der Waals surface area contributed by atoms with Gasteiger partial charge in [-0.2, -0.15) is 0 Å². The molecular weight excluding hydrogens is 162 g/mol. The second kappa shape index (κ2) is 4.42. The van der Waals surface area contributed by atoms with Gasteiger partial charge >= 0.3 is 0 Å². The first kappa shape index (κ1) is 10.3. The minimum Gasteiger partial charge on any atom is -0.338 e. The second-order valence-corrected chi connectivity index (χ2v) is 3.49. The molecule has 1 N–H and O–H groups in total. The standard InChI is InChI=1S/C10H19N3/c1-5-9(8(2)11-3)10-12-6-7-13(10)4/h6-9,11H,5H2,1-4H3. The van der Waals surface area contributed by atoms with Gasteiger partial charge in [0.2, 0.25) is 0 Å². The summed E-state index contributed by atoms with van der Waals surface area (Å²) in [6.45, 7) is 4.40. The van der Waals surface area contributed by atoms with Gasteiger partial charge in [0.1, 0.15) is 5.82 Å². The average Bonchev–Trinajstić information content (AvgIpc) is 2.53. The Morgan fingerprint density at radius 2 is 2.31 bits per heavy atom. The van der Waals surface area contributed by atoms with Crippen LogP contribution in [0.5, 0.6) is 0 Å². The average molecular weight is 181 g/mol. The van der Waals surface area contributed by atoms with E-state index in [0.29, 0.717) is 12.0 Å². The van der Waals surface area contributed by atoms with Crippen LogP contribution in [0, 0.1) is 0 Å². The summed E-state index contributed by atoms with van der Waals surface area (Å²) in [6.07, 6.45) is 4.98. The highest BCUT2D eigenvalue weighted by Crippen LogP contribution is 2.20. The third-order valence-corrected chi connectivity index (χ3v) is 2.69. The molecule has 0 spiro atoms. The van der Waals surface area contributed by atoms with Crippen LogP contribution in [0.2, 0.25) is 0 Å². The molecule has 2 atom stereocenters. The van der Waals surface area contributed by atoms with Crippen LogP contribution in [0.1, 0.15) is 32.0 Å². The number of nitrogens with zero attached hydrogens (tertiary/aromatic N) is 2. The molecule has 0 radical (unpaired) electrons. The number of aryl methyl sites for hydroxylation is 1. The zero-order chi connectivity index (χ0) is 9.84. The van der Waals surface area contributed by atoms with E-state index >= 15 is 0 Å². The van der Waals surface area contributed by atoms with Crippen molar-refractivity contribution in [1.82, 2.24) is 14.9 Å². The molecule has 1 aromatic rings. The van der Waals surface area contributed by atoms with Crippen LogP contribution in [0.25, 0.3) is 0 Å². The molecule has 0 saturated carbocycles. The third kappa shape index (κ3) is 2.10. The number of likely N-dealkylation sites (N-methyl/N-ethyl adjacent to an activating group) is 1. The summed E-state index contributed by atoms with van der Waals surface area (Å²) < 4.78 is 2.10. The van der Waals surface area contributed by atoms with Crippen LogP contribution >= 0.6 is 0 Å². The third-order valence-electron chi connectivity index (χ3n) is 2.69. The highest BCUT2D eigenvalue weighted by molar-refractivity contribution is 5.02. The number of rotatable bonds is 4. The normalized spacial score (nSPS) is 15.7. The molecule has 0 fully saturated rings. The summed E-state index contributed by atoms with van der Waals surface area (Å²) in [7, 11) is 4.05. The SMILES string of the molecule is CCC(c1nccn1C)C(C)NC. The number of aromatic nitrogens is 2. The minimum absolute atomic E-state index is 0.478. The van der Waals surface area contributed by atoms with Crippen molar-refractivity contribution in [3.63, 3.8) is 0 Å². The summed E-state index contributed by atoms with van der Waals surface area (Å²) in [6, 6.07) is 0.478. The van der Waals surface area contributed by atoms with Crippen molar-refractivity contribution in [2.24, 2.45) is 7.05 Å². The fourth-order valence-electron chi connectivity index (χ4n) is 1.70. The van der Waals surface area contributed by atoms with Crippen LogP contribution in [0.3, 0.4) is 0 Å². The Morgan fingerprint density at radius 3 is 2.69 bits per heavy atom. The minimum atomic E-state index is 0.478. The molecule has 0 aliphatic heterocycles. The van der Waals surface area contributed by atoms with Crippen molar-refractivity contribution in [2.75, 3.05) is 7.05 Å². The van der Waals surface area contributed by atoms with Gasteiger partial charge in [-0.25, -0.2) is 4.98 Å². The monoisotopic (exact) mass is 181 g/mol. The molecule has 0 aromatic carbocycles. The quantitative estimate of drug-likeness (QED) is 0.763. The molecule has 1 aromatic heterocycles. The number of imidazole rings is 1. The first-order valence-corrected chi connectivity index (χ1v) is 4.85. The van der Waals surface area contributed by atoms with Crippen LogP contribution in [0.4, 0.5) is 0 Å². The van der Waals surface area contributed by atoms with E-state index in [1.165, 1.54) is 5.82 Å². The Labute approximate surface area is 80.2 Å². The van der Waals surface area contributed by atoms with E-state index in [1.807, 2.05) is 26.5 Å². The number of hydrogen-bond donors (Lipinski definition) is 1. The lowest BCUT2D eigenvalue weighted by atomic mass is 9.97. The van der Waals surface area contributed by atoms with Gasteiger partial charge in [0.25, 0.3) is 0 Å².